The van der Waals surface area contributed by atoms with Gasteiger partial charge in [-0.25, -0.2) is 0 Å². The van der Waals surface area contributed by atoms with E-state index in [4.69, 9.17) is 4.74 Å². The standard InChI is InChI=1S/C11H21NO4/c1-5-16-10(13)7-6-8-12(3)9(2)11(14)15-4/h9H,5-8H2,1-4H3/t9-/m0/s1. The molecule has 0 aliphatic heterocycles. The molecule has 0 aromatic heterocycles. The molecule has 0 rings (SSSR count). The lowest BCUT2D eigenvalue weighted by atomic mass is 10.2. The monoisotopic (exact) mass is 231 g/mol. The van der Waals surface area contributed by atoms with E-state index < -0.39 is 0 Å². The number of nitrogens with zero attached hydrogens (tertiary/aromatic N) is 1. The number of carbonyl (C=O) groups is 2. The molecule has 16 heavy (non-hydrogen) atoms. The number of likely N-dealkylation sites (N-methyl/N-ethyl adjacent to an activating group) is 1. The molecule has 94 valence electrons. The third-order valence-corrected chi connectivity index (χ3v) is 2.40. The highest BCUT2D eigenvalue weighted by Gasteiger charge is 2.18. The van der Waals surface area contributed by atoms with Gasteiger partial charge in [0.2, 0.25) is 0 Å². The van der Waals surface area contributed by atoms with Crippen molar-refractivity contribution >= 4 is 11.9 Å². The fraction of sp³-hybridized carbons (Fsp3) is 0.818. The summed E-state index contributed by atoms with van der Waals surface area (Å²) in [7, 11) is 3.19. The molecule has 1 atom stereocenters. The summed E-state index contributed by atoms with van der Waals surface area (Å²) >= 11 is 0. The van der Waals surface area contributed by atoms with Crippen molar-refractivity contribution in [2.45, 2.75) is 32.7 Å². The van der Waals surface area contributed by atoms with E-state index >= 15 is 0 Å². The minimum absolute atomic E-state index is 0.193. The second-order valence-electron chi connectivity index (χ2n) is 3.59. The fourth-order valence-electron chi connectivity index (χ4n) is 1.25. The van der Waals surface area contributed by atoms with Crippen molar-refractivity contribution < 1.29 is 19.1 Å². The van der Waals surface area contributed by atoms with Gasteiger partial charge in [0.15, 0.2) is 0 Å². The first kappa shape index (κ1) is 14.9. The van der Waals surface area contributed by atoms with Crippen LogP contribution in [0.25, 0.3) is 0 Å². The maximum absolute atomic E-state index is 11.2. The normalized spacial score (nSPS) is 12.3. The number of rotatable bonds is 7. The molecule has 0 aromatic rings. The maximum atomic E-state index is 11.2. The average Bonchev–Trinajstić information content (AvgIpc) is 2.27. The predicted molar refractivity (Wildman–Crippen MR) is 60.0 cm³/mol. The van der Waals surface area contributed by atoms with Crippen LogP contribution in [-0.4, -0.2) is 50.2 Å². The molecule has 5 heteroatoms. The molecule has 0 fully saturated rings. The number of hydrogen-bond donors (Lipinski definition) is 0. The minimum Gasteiger partial charge on any atom is -0.468 e. The molecular weight excluding hydrogens is 210 g/mol. The molecule has 0 radical (unpaired) electrons. The van der Waals surface area contributed by atoms with Crippen LogP contribution in [0.15, 0.2) is 0 Å². The van der Waals surface area contributed by atoms with Crippen molar-refractivity contribution in [3.8, 4) is 0 Å². The number of carbonyl (C=O) groups excluding carboxylic acids is 2. The van der Waals surface area contributed by atoms with E-state index in [1.165, 1.54) is 7.11 Å². The van der Waals surface area contributed by atoms with Crippen molar-refractivity contribution in [3.05, 3.63) is 0 Å². The van der Waals surface area contributed by atoms with Crippen molar-refractivity contribution in [2.24, 2.45) is 0 Å². The maximum Gasteiger partial charge on any atom is 0.322 e. The molecule has 0 saturated heterocycles. The molecule has 0 aromatic carbocycles. The van der Waals surface area contributed by atoms with Gasteiger partial charge in [-0.1, -0.05) is 0 Å². The third-order valence-electron chi connectivity index (χ3n) is 2.40. The lowest BCUT2D eigenvalue weighted by Gasteiger charge is -2.21. The van der Waals surface area contributed by atoms with E-state index in [0.717, 1.165) is 0 Å². The Morgan fingerprint density at radius 2 is 2.00 bits per heavy atom. The summed E-state index contributed by atoms with van der Waals surface area (Å²) in [5, 5.41) is 0. The van der Waals surface area contributed by atoms with Gasteiger partial charge < -0.3 is 9.47 Å². The molecule has 0 spiro atoms. The fourth-order valence-corrected chi connectivity index (χ4v) is 1.25. The van der Waals surface area contributed by atoms with Gasteiger partial charge in [0, 0.05) is 6.42 Å². The molecule has 5 nitrogen and oxygen atoms in total. The molecule has 0 unspecified atom stereocenters. The number of esters is 2. The number of hydrogen-bond acceptors (Lipinski definition) is 5. The molecule has 0 saturated carbocycles. The zero-order chi connectivity index (χ0) is 12.6. The Bertz CT molecular complexity index is 230. The summed E-state index contributed by atoms with van der Waals surface area (Å²) in [6.07, 6.45) is 1.06. The Morgan fingerprint density at radius 1 is 1.38 bits per heavy atom. The van der Waals surface area contributed by atoms with Crippen LogP contribution in [-0.2, 0) is 19.1 Å². The van der Waals surface area contributed by atoms with Crippen molar-refractivity contribution in [3.63, 3.8) is 0 Å². The van der Waals surface area contributed by atoms with Crippen LogP contribution >= 0.6 is 0 Å². The van der Waals surface area contributed by atoms with Gasteiger partial charge in [-0.15, -0.1) is 0 Å². The molecule has 0 amide bonds. The van der Waals surface area contributed by atoms with Crippen LogP contribution in [0.1, 0.15) is 26.7 Å². The van der Waals surface area contributed by atoms with Gasteiger partial charge in [0.1, 0.15) is 6.04 Å². The van der Waals surface area contributed by atoms with Gasteiger partial charge in [-0.3, -0.25) is 14.5 Å². The number of methoxy groups -OCH3 is 1. The van der Waals surface area contributed by atoms with E-state index in [-0.39, 0.29) is 18.0 Å². The molecule has 0 bridgehead atoms. The van der Waals surface area contributed by atoms with Crippen molar-refractivity contribution in [1.29, 1.82) is 0 Å². The van der Waals surface area contributed by atoms with Crippen LogP contribution in [0.4, 0.5) is 0 Å². The summed E-state index contributed by atoms with van der Waals surface area (Å²) < 4.78 is 9.43. The Kier molecular flexibility index (Phi) is 7.54. The lowest BCUT2D eigenvalue weighted by Crippen LogP contribution is -2.37. The van der Waals surface area contributed by atoms with Gasteiger partial charge in [0.25, 0.3) is 0 Å². The van der Waals surface area contributed by atoms with E-state index in [9.17, 15) is 9.59 Å². The first-order valence-electron chi connectivity index (χ1n) is 5.46. The molecule has 0 N–H and O–H groups in total. The summed E-state index contributed by atoms with van der Waals surface area (Å²) in [6, 6.07) is -0.285. The van der Waals surface area contributed by atoms with Gasteiger partial charge in [-0.05, 0) is 33.9 Å². The quantitative estimate of drug-likeness (QED) is 0.607. The largest absolute Gasteiger partial charge is 0.468 e. The Morgan fingerprint density at radius 3 is 2.50 bits per heavy atom. The van der Waals surface area contributed by atoms with Gasteiger partial charge >= 0.3 is 11.9 Å². The van der Waals surface area contributed by atoms with Crippen LogP contribution in [0.5, 0.6) is 0 Å². The topological polar surface area (TPSA) is 55.8 Å². The molecular formula is C11H21NO4. The van der Waals surface area contributed by atoms with Crippen LogP contribution in [0.2, 0.25) is 0 Å². The van der Waals surface area contributed by atoms with E-state index in [1.54, 1.807) is 13.8 Å². The highest BCUT2D eigenvalue weighted by atomic mass is 16.5. The summed E-state index contributed by atoms with van der Waals surface area (Å²) in [5.41, 5.74) is 0. The zero-order valence-electron chi connectivity index (χ0n) is 10.5. The third kappa shape index (κ3) is 5.70. The van der Waals surface area contributed by atoms with Crippen LogP contribution in [0, 0.1) is 0 Å². The van der Waals surface area contributed by atoms with Crippen LogP contribution in [0.3, 0.4) is 0 Å². The van der Waals surface area contributed by atoms with E-state index in [2.05, 4.69) is 4.74 Å². The summed E-state index contributed by atoms with van der Waals surface area (Å²) in [4.78, 5) is 24.1. The van der Waals surface area contributed by atoms with Gasteiger partial charge in [-0.2, -0.15) is 0 Å². The van der Waals surface area contributed by atoms with E-state index in [1.807, 2.05) is 11.9 Å². The average molecular weight is 231 g/mol. The molecule has 0 aliphatic carbocycles. The second-order valence-corrected chi connectivity index (χ2v) is 3.59. The first-order valence-corrected chi connectivity index (χ1v) is 5.46. The number of ether oxygens (including phenoxy) is 2. The minimum atomic E-state index is -0.285. The highest BCUT2D eigenvalue weighted by molar-refractivity contribution is 5.75. The Labute approximate surface area is 96.7 Å². The van der Waals surface area contributed by atoms with Gasteiger partial charge in [0.05, 0.1) is 13.7 Å². The summed E-state index contributed by atoms with van der Waals surface area (Å²) in [5.74, 6) is -0.458. The van der Waals surface area contributed by atoms with E-state index in [0.29, 0.717) is 26.0 Å². The zero-order valence-corrected chi connectivity index (χ0v) is 10.5. The SMILES string of the molecule is CCOC(=O)CCCN(C)[C@@H](C)C(=O)OC. The Hall–Kier alpha value is -1.10. The molecule has 0 heterocycles. The lowest BCUT2D eigenvalue weighted by molar-refractivity contribution is -0.145. The van der Waals surface area contributed by atoms with Crippen molar-refractivity contribution in [2.75, 3.05) is 27.3 Å². The first-order chi connectivity index (χ1) is 7.52. The summed E-state index contributed by atoms with van der Waals surface area (Å²) in [6.45, 7) is 4.63. The predicted octanol–water partition coefficient (Wildman–Crippen LogP) is 0.823. The molecule has 0 aliphatic rings. The van der Waals surface area contributed by atoms with Crippen LogP contribution < -0.4 is 0 Å². The smallest absolute Gasteiger partial charge is 0.322 e. The van der Waals surface area contributed by atoms with Crippen molar-refractivity contribution in [1.82, 2.24) is 4.90 Å². The Balaban J connectivity index is 3.76. The second kappa shape index (κ2) is 8.10. The highest BCUT2D eigenvalue weighted by Crippen LogP contribution is 2.01.